The van der Waals surface area contributed by atoms with Crippen LogP contribution in [-0.4, -0.2) is 48.5 Å². The van der Waals surface area contributed by atoms with Crippen LogP contribution in [0.25, 0.3) is 16.9 Å². The van der Waals surface area contributed by atoms with Crippen molar-refractivity contribution < 1.29 is 23.2 Å². The average molecular weight is 426 g/mol. The third kappa shape index (κ3) is 4.49. The van der Waals surface area contributed by atoms with E-state index in [-0.39, 0.29) is 16.3 Å². The van der Waals surface area contributed by atoms with E-state index in [1.54, 1.807) is 55.6 Å². The van der Waals surface area contributed by atoms with Crippen LogP contribution >= 0.6 is 0 Å². The minimum absolute atomic E-state index is 0.117. The predicted molar refractivity (Wildman–Crippen MR) is 108 cm³/mol. The fourth-order valence-electron chi connectivity index (χ4n) is 2.66. The standard InChI is InChI=1S/C20H18N4O5S/c1-23(26)20(25)12-9-15-13-18(14-7-10-16(29-2)11-8-14)24(22-15)17-5-3-4-6-19(17)30(21,27)28/h3-8,10-11,13,26H,1-2H3,(H2,21,27,28). The van der Waals surface area contributed by atoms with Gasteiger partial charge in [0.2, 0.25) is 10.0 Å². The number of carbonyl (C=O) groups excluding carboxylic acids is 1. The van der Waals surface area contributed by atoms with Crippen molar-refractivity contribution in [1.29, 1.82) is 0 Å². The van der Waals surface area contributed by atoms with Crippen molar-refractivity contribution >= 4 is 15.9 Å². The molecule has 0 radical (unpaired) electrons. The van der Waals surface area contributed by atoms with Gasteiger partial charge in [-0.3, -0.25) is 10.0 Å². The number of ether oxygens (including phenoxy) is 1. The Morgan fingerprint density at radius 2 is 1.87 bits per heavy atom. The molecule has 3 aromatic rings. The van der Waals surface area contributed by atoms with Gasteiger partial charge >= 0.3 is 5.91 Å². The van der Waals surface area contributed by atoms with Crippen molar-refractivity contribution in [2.75, 3.05) is 14.2 Å². The number of benzene rings is 2. The lowest BCUT2D eigenvalue weighted by molar-refractivity contribution is -0.152. The maximum Gasteiger partial charge on any atom is 0.322 e. The number of nitrogens with two attached hydrogens (primary N) is 1. The Bertz CT molecular complexity index is 1250. The predicted octanol–water partition coefficient (Wildman–Crippen LogP) is 1.39. The molecule has 0 spiro atoms. The number of sulfonamides is 1. The average Bonchev–Trinajstić information content (AvgIpc) is 3.15. The van der Waals surface area contributed by atoms with Crippen molar-refractivity contribution in [3.63, 3.8) is 0 Å². The lowest BCUT2D eigenvalue weighted by Gasteiger charge is -2.11. The summed E-state index contributed by atoms with van der Waals surface area (Å²) in [5.41, 5.74) is 1.64. The van der Waals surface area contributed by atoms with E-state index in [0.717, 1.165) is 7.05 Å². The van der Waals surface area contributed by atoms with Crippen LogP contribution in [0.2, 0.25) is 0 Å². The van der Waals surface area contributed by atoms with E-state index in [1.807, 2.05) is 0 Å². The first-order chi connectivity index (χ1) is 14.2. The smallest absolute Gasteiger partial charge is 0.322 e. The minimum Gasteiger partial charge on any atom is -0.497 e. The molecule has 0 atom stereocenters. The highest BCUT2D eigenvalue weighted by atomic mass is 32.2. The normalized spacial score (nSPS) is 10.8. The monoisotopic (exact) mass is 426 g/mol. The molecular formula is C20H18N4O5S. The lowest BCUT2D eigenvalue weighted by Crippen LogP contribution is -2.20. The van der Waals surface area contributed by atoms with Gasteiger partial charge in [-0.2, -0.15) is 5.10 Å². The molecule has 0 unspecified atom stereocenters. The maximum atomic E-state index is 12.1. The Balaban J connectivity index is 2.22. The first-order valence-electron chi connectivity index (χ1n) is 8.56. The topological polar surface area (TPSA) is 128 Å². The molecule has 0 aliphatic carbocycles. The molecule has 1 aromatic heterocycles. The van der Waals surface area contributed by atoms with E-state index < -0.39 is 15.9 Å². The van der Waals surface area contributed by atoms with Gasteiger partial charge in [-0.1, -0.05) is 12.1 Å². The van der Waals surface area contributed by atoms with E-state index in [9.17, 15) is 13.2 Å². The van der Waals surface area contributed by atoms with E-state index in [1.165, 1.54) is 10.7 Å². The third-order valence-electron chi connectivity index (χ3n) is 4.09. The Morgan fingerprint density at radius 3 is 2.47 bits per heavy atom. The lowest BCUT2D eigenvalue weighted by atomic mass is 10.1. The second-order valence-corrected chi connectivity index (χ2v) is 7.68. The summed E-state index contributed by atoms with van der Waals surface area (Å²) >= 11 is 0. The molecule has 0 saturated heterocycles. The first-order valence-corrected chi connectivity index (χ1v) is 10.1. The van der Waals surface area contributed by atoms with Gasteiger partial charge in [0.15, 0.2) is 0 Å². The summed E-state index contributed by atoms with van der Waals surface area (Å²) in [7, 11) is -1.33. The molecule has 3 rings (SSSR count). The number of nitrogens with zero attached hydrogens (tertiary/aromatic N) is 3. The van der Waals surface area contributed by atoms with Crippen LogP contribution in [0, 0.1) is 11.8 Å². The fourth-order valence-corrected chi connectivity index (χ4v) is 3.38. The summed E-state index contributed by atoms with van der Waals surface area (Å²) in [5, 5.41) is 19.2. The highest BCUT2D eigenvalue weighted by molar-refractivity contribution is 7.89. The molecule has 0 fully saturated rings. The van der Waals surface area contributed by atoms with Gasteiger partial charge < -0.3 is 4.74 Å². The molecule has 1 amide bonds. The van der Waals surface area contributed by atoms with Gasteiger partial charge in [0.25, 0.3) is 0 Å². The second-order valence-electron chi connectivity index (χ2n) is 6.15. The van der Waals surface area contributed by atoms with Crippen LogP contribution in [0.3, 0.4) is 0 Å². The van der Waals surface area contributed by atoms with Gasteiger partial charge in [-0.05, 0) is 42.3 Å². The molecule has 0 bridgehead atoms. The molecule has 10 heteroatoms. The molecule has 0 aliphatic rings. The quantitative estimate of drug-likeness (QED) is 0.369. The zero-order chi connectivity index (χ0) is 21.9. The summed E-state index contributed by atoms with van der Waals surface area (Å²) in [6.07, 6.45) is 0. The molecule has 0 saturated carbocycles. The largest absolute Gasteiger partial charge is 0.497 e. The molecule has 1 heterocycles. The van der Waals surface area contributed by atoms with Gasteiger partial charge in [0.05, 0.1) is 18.5 Å². The highest BCUT2D eigenvalue weighted by Crippen LogP contribution is 2.28. The number of hydrogen-bond donors (Lipinski definition) is 2. The van der Waals surface area contributed by atoms with E-state index >= 15 is 0 Å². The number of hydroxylamine groups is 2. The molecule has 9 nitrogen and oxygen atoms in total. The number of methoxy groups -OCH3 is 1. The molecular weight excluding hydrogens is 408 g/mol. The number of amides is 1. The molecule has 30 heavy (non-hydrogen) atoms. The number of rotatable bonds is 4. The zero-order valence-corrected chi connectivity index (χ0v) is 16.9. The molecule has 2 aromatic carbocycles. The van der Waals surface area contributed by atoms with Crippen molar-refractivity contribution in [3.8, 4) is 34.5 Å². The highest BCUT2D eigenvalue weighted by Gasteiger charge is 2.19. The van der Waals surface area contributed by atoms with Gasteiger partial charge in [0.1, 0.15) is 16.3 Å². The first kappa shape index (κ1) is 21.1. The number of carbonyl (C=O) groups is 1. The number of primary sulfonamides is 1. The SMILES string of the molecule is COc1ccc(-c2cc(C#CC(=O)N(C)O)nn2-c2ccccc2S(N)(=O)=O)cc1. The van der Waals surface area contributed by atoms with Crippen molar-refractivity contribution in [2.24, 2.45) is 5.14 Å². The van der Waals surface area contributed by atoms with E-state index in [2.05, 4.69) is 16.9 Å². The van der Waals surface area contributed by atoms with Crippen LogP contribution in [0.4, 0.5) is 0 Å². The Morgan fingerprint density at radius 1 is 1.20 bits per heavy atom. The van der Waals surface area contributed by atoms with Gasteiger partial charge in [-0.15, -0.1) is 0 Å². The van der Waals surface area contributed by atoms with Crippen molar-refractivity contribution in [1.82, 2.24) is 14.8 Å². The van der Waals surface area contributed by atoms with Crippen molar-refractivity contribution in [2.45, 2.75) is 4.90 Å². The summed E-state index contributed by atoms with van der Waals surface area (Å²) < 4.78 is 30.7. The van der Waals surface area contributed by atoms with Crippen molar-refractivity contribution in [3.05, 3.63) is 60.3 Å². The number of para-hydroxylation sites is 1. The maximum absolute atomic E-state index is 12.1. The molecule has 0 aliphatic heterocycles. The van der Waals surface area contributed by atoms with Crippen LogP contribution in [0.15, 0.2) is 59.5 Å². The van der Waals surface area contributed by atoms with Crippen LogP contribution in [0.5, 0.6) is 5.75 Å². The van der Waals surface area contributed by atoms with Crippen LogP contribution in [0.1, 0.15) is 5.69 Å². The Kier molecular flexibility index (Phi) is 5.89. The number of aromatic nitrogens is 2. The summed E-state index contributed by atoms with van der Waals surface area (Å²) in [6, 6.07) is 14.8. The zero-order valence-electron chi connectivity index (χ0n) is 16.1. The fraction of sp³-hybridized carbons (Fsp3) is 0.100. The van der Waals surface area contributed by atoms with E-state index in [4.69, 9.17) is 15.1 Å². The van der Waals surface area contributed by atoms with Gasteiger partial charge in [0, 0.05) is 24.6 Å². The van der Waals surface area contributed by atoms with Crippen LogP contribution < -0.4 is 9.88 Å². The van der Waals surface area contributed by atoms with Gasteiger partial charge in [-0.25, -0.2) is 23.3 Å². The molecule has 154 valence electrons. The second kappa shape index (κ2) is 8.38. The summed E-state index contributed by atoms with van der Waals surface area (Å²) in [5.74, 6) is 4.65. The Labute approximate surface area is 173 Å². The number of hydrogen-bond acceptors (Lipinski definition) is 6. The van der Waals surface area contributed by atoms with Crippen LogP contribution in [-0.2, 0) is 14.8 Å². The van der Waals surface area contributed by atoms with E-state index in [0.29, 0.717) is 22.1 Å². The molecule has 3 N–H and O–H groups in total. The third-order valence-corrected chi connectivity index (χ3v) is 5.04. The minimum atomic E-state index is -4.03. The summed E-state index contributed by atoms with van der Waals surface area (Å²) in [6.45, 7) is 0. The summed E-state index contributed by atoms with van der Waals surface area (Å²) in [4.78, 5) is 11.4. The Hall–Kier alpha value is -3.65.